The standard InChI is InChI=1S/C12H13F2N3.2ClH/c13-10-2-3-11(14)12(8-10)16-4-1-6-17-7-5-15-9-17;;/h2-3,5,7-9,16H,1,4,6H2;2*1H. The molecule has 1 N–H and O–H groups in total. The summed E-state index contributed by atoms with van der Waals surface area (Å²) in [5.74, 6) is -0.877. The molecule has 3 nitrogen and oxygen atoms in total. The number of halogens is 4. The SMILES string of the molecule is Cl.Cl.Fc1ccc(F)c(NCCCn2ccnc2)c1. The zero-order valence-electron chi connectivity index (χ0n) is 10.1. The van der Waals surface area contributed by atoms with Crippen molar-refractivity contribution in [3.8, 4) is 0 Å². The third kappa shape index (κ3) is 5.44. The van der Waals surface area contributed by atoms with Gasteiger partial charge in [0, 0.05) is 25.5 Å². The molecular weight excluding hydrogens is 295 g/mol. The van der Waals surface area contributed by atoms with Crippen molar-refractivity contribution in [3.63, 3.8) is 0 Å². The molecule has 1 aromatic heterocycles. The fraction of sp³-hybridized carbons (Fsp3) is 0.250. The number of hydrogen-bond donors (Lipinski definition) is 1. The lowest BCUT2D eigenvalue weighted by molar-refractivity contribution is 0.600. The minimum absolute atomic E-state index is 0. The summed E-state index contributed by atoms with van der Waals surface area (Å²) in [6.07, 6.45) is 6.11. The van der Waals surface area contributed by atoms with Crippen molar-refractivity contribution >= 4 is 30.5 Å². The van der Waals surface area contributed by atoms with E-state index in [0.717, 1.165) is 31.2 Å². The number of benzene rings is 1. The molecule has 0 aliphatic carbocycles. The largest absolute Gasteiger partial charge is 0.383 e. The predicted octanol–water partition coefficient (Wildman–Crippen LogP) is 3.51. The maximum absolute atomic E-state index is 13.2. The van der Waals surface area contributed by atoms with E-state index in [0.29, 0.717) is 6.54 Å². The van der Waals surface area contributed by atoms with Crippen molar-refractivity contribution in [2.45, 2.75) is 13.0 Å². The molecule has 2 rings (SSSR count). The van der Waals surface area contributed by atoms with Crippen LogP contribution in [0.25, 0.3) is 0 Å². The fourth-order valence-corrected chi connectivity index (χ4v) is 1.54. The molecule has 0 spiro atoms. The number of imidazole rings is 1. The average molecular weight is 310 g/mol. The Kier molecular flexibility index (Phi) is 8.11. The average Bonchev–Trinajstić information content (AvgIpc) is 2.82. The summed E-state index contributed by atoms with van der Waals surface area (Å²) >= 11 is 0. The van der Waals surface area contributed by atoms with Crippen molar-refractivity contribution in [1.82, 2.24) is 9.55 Å². The Morgan fingerprint density at radius 1 is 1.21 bits per heavy atom. The van der Waals surface area contributed by atoms with Crippen molar-refractivity contribution in [1.29, 1.82) is 0 Å². The molecule has 7 heteroatoms. The van der Waals surface area contributed by atoms with E-state index in [1.54, 1.807) is 12.5 Å². The summed E-state index contributed by atoms with van der Waals surface area (Å²) in [6.45, 7) is 1.38. The van der Waals surface area contributed by atoms with Crippen LogP contribution in [0.15, 0.2) is 36.9 Å². The zero-order chi connectivity index (χ0) is 12.1. The van der Waals surface area contributed by atoms with Gasteiger partial charge in [-0.3, -0.25) is 0 Å². The molecule has 19 heavy (non-hydrogen) atoms. The van der Waals surface area contributed by atoms with Gasteiger partial charge in [-0.2, -0.15) is 0 Å². The summed E-state index contributed by atoms with van der Waals surface area (Å²) in [7, 11) is 0. The van der Waals surface area contributed by atoms with Crippen LogP contribution < -0.4 is 5.32 Å². The van der Waals surface area contributed by atoms with Gasteiger partial charge in [-0.1, -0.05) is 0 Å². The Morgan fingerprint density at radius 2 is 2.00 bits per heavy atom. The molecule has 0 aliphatic heterocycles. The Hall–Kier alpha value is -1.33. The Bertz CT molecular complexity index is 478. The normalized spacial score (nSPS) is 9.37. The van der Waals surface area contributed by atoms with Gasteiger partial charge in [-0.05, 0) is 24.6 Å². The molecule has 0 saturated carbocycles. The van der Waals surface area contributed by atoms with Gasteiger partial charge in [0.25, 0.3) is 0 Å². The van der Waals surface area contributed by atoms with Gasteiger partial charge >= 0.3 is 0 Å². The second-order valence-corrected chi connectivity index (χ2v) is 3.71. The number of rotatable bonds is 5. The zero-order valence-corrected chi connectivity index (χ0v) is 11.7. The molecule has 1 aromatic carbocycles. The van der Waals surface area contributed by atoms with E-state index in [-0.39, 0.29) is 30.5 Å². The maximum atomic E-state index is 13.2. The second kappa shape index (κ2) is 8.72. The first kappa shape index (κ1) is 17.7. The minimum atomic E-state index is -0.441. The first-order chi connectivity index (χ1) is 8.25. The molecule has 0 unspecified atom stereocenters. The Morgan fingerprint density at radius 3 is 2.68 bits per heavy atom. The lowest BCUT2D eigenvalue weighted by Gasteiger charge is -2.07. The van der Waals surface area contributed by atoms with Crippen LogP contribution in [0.5, 0.6) is 0 Å². The van der Waals surface area contributed by atoms with Crippen molar-refractivity contribution in [2.75, 3.05) is 11.9 Å². The smallest absolute Gasteiger partial charge is 0.146 e. The molecule has 0 saturated heterocycles. The van der Waals surface area contributed by atoms with E-state index in [4.69, 9.17) is 0 Å². The molecule has 0 aliphatic rings. The molecule has 2 aromatic rings. The second-order valence-electron chi connectivity index (χ2n) is 3.71. The highest BCUT2D eigenvalue weighted by Gasteiger charge is 2.02. The molecule has 0 radical (unpaired) electrons. The van der Waals surface area contributed by atoms with Crippen LogP contribution in [0.1, 0.15) is 6.42 Å². The van der Waals surface area contributed by atoms with Crippen molar-refractivity contribution < 1.29 is 8.78 Å². The van der Waals surface area contributed by atoms with E-state index in [2.05, 4.69) is 10.3 Å². The molecule has 0 atom stereocenters. The molecule has 106 valence electrons. The van der Waals surface area contributed by atoms with E-state index in [1.165, 1.54) is 0 Å². The van der Waals surface area contributed by atoms with Gasteiger partial charge in [-0.15, -0.1) is 24.8 Å². The number of aryl methyl sites for hydroxylation is 1. The van der Waals surface area contributed by atoms with E-state index < -0.39 is 11.6 Å². The van der Waals surface area contributed by atoms with E-state index in [1.807, 2.05) is 10.8 Å². The van der Waals surface area contributed by atoms with Crippen LogP contribution in [0.3, 0.4) is 0 Å². The summed E-state index contributed by atoms with van der Waals surface area (Å²) in [4.78, 5) is 3.92. The van der Waals surface area contributed by atoms with Gasteiger partial charge in [0.15, 0.2) is 0 Å². The van der Waals surface area contributed by atoms with Crippen LogP contribution in [0.4, 0.5) is 14.5 Å². The molecular formula is C12H15Cl2F2N3. The lowest BCUT2D eigenvalue weighted by atomic mass is 10.3. The topological polar surface area (TPSA) is 29.9 Å². The number of aromatic nitrogens is 2. The summed E-state index contributed by atoms with van der Waals surface area (Å²) in [5.41, 5.74) is 0.204. The van der Waals surface area contributed by atoms with Gasteiger partial charge in [0.1, 0.15) is 11.6 Å². The van der Waals surface area contributed by atoms with Crippen LogP contribution >= 0.6 is 24.8 Å². The summed E-state index contributed by atoms with van der Waals surface area (Å²) < 4.78 is 28.0. The highest BCUT2D eigenvalue weighted by Crippen LogP contribution is 2.14. The quantitative estimate of drug-likeness (QED) is 0.857. The van der Waals surface area contributed by atoms with Crippen molar-refractivity contribution in [2.24, 2.45) is 0 Å². The highest BCUT2D eigenvalue weighted by atomic mass is 35.5. The summed E-state index contributed by atoms with van der Waals surface area (Å²) in [5, 5.41) is 2.87. The number of nitrogens with zero attached hydrogens (tertiary/aromatic N) is 2. The monoisotopic (exact) mass is 309 g/mol. The van der Waals surface area contributed by atoms with Gasteiger partial charge in [0.05, 0.1) is 12.0 Å². The predicted molar refractivity (Wildman–Crippen MR) is 76.2 cm³/mol. The number of hydrogen-bond acceptors (Lipinski definition) is 2. The first-order valence-electron chi connectivity index (χ1n) is 5.40. The first-order valence-corrected chi connectivity index (χ1v) is 5.40. The lowest BCUT2D eigenvalue weighted by Crippen LogP contribution is -2.07. The molecule has 1 heterocycles. The number of nitrogens with one attached hydrogen (secondary N) is 1. The van der Waals surface area contributed by atoms with E-state index in [9.17, 15) is 8.78 Å². The Balaban J connectivity index is 0.00000162. The third-order valence-electron chi connectivity index (χ3n) is 2.40. The Labute approximate surface area is 122 Å². The van der Waals surface area contributed by atoms with Gasteiger partial charge < -0.3 is 9.88 Å². The van der Waals surface area contributed by atoms with Crippen LogP contribution in [-0.2, 0) is 6.54 Å². The minimum Gasteiger partial charge on any atom is -0.383 e. The maximum Gasteiger partial charge on any atom is 0.146 e. The van der Waals surface area contributed by atoms with Gasteiger partial charge in [0.2, 0.25) is 0 Å². The summed E-state index contributed by atoms with van der Waals surface area (Å²) in [6, 6.07) is 3.38. The van der Waals surface area contributed by atoms with Crippen LogP contribution in [0, 0.1) is 11.6 Å². The van der Waals surface area contributed by atoms with Crippen molar-refractivity contribution in [3.05, 3.63) is 48.6 Å². The fourth-order valence-electron chi connectivity index (χ4n) is 1.54. The highest BCUT2D eigenvalue weighted by molar-refractivity contribution is 5.85. The van der Waals surface area contributed by atoms with Gasteiger partial charge in [-0.25, -0.2) is 13.8 Å². The van der Waals surface area contributed by atoms with E-state index >= 15 is 0 Å². The number of anilines is 1. The molecule has 0 amide bonds. The third-order valence-corrected chi connectivity index (χ3v) is 2.40. The molecule has 0 fully saturated rings. The molecule has 0 bridgehead atoms. The van der Waals surface area contributed by atoms with Crippen LogP contribution in [0.2, 0.25) is 0 Å². The van der Waals surface area contributed by atoms with Crippen LogP contribution in [-0.4, -0.2) is 16.1 Å².